The van der Waals surface area contributed by atoms with Crippen LogP contribution < -0.4 is 0 Å². The number of hydrogen-bond donors (Lipinski definition) is 0. The first-order valence-corrected chi connectivity index (χ1v) is 7.19. The van der Waals surface area contributed by atoms with Gasteiger partial charge >= 0.3 is 0 Å². The van der Waals surface area contributed by atoms with Gasteiger partial charge in [0.25, 0.3) is 0 Å². The Morgan fingerprint density at radius 1 is 0.562 bits per heavy atom. The fourth-order valence-corrected chi connectivity index (χ4v) is 1.08. The van der Waals surface area contributed by atoms with Crippen LogP contribution in [0.4, 0.5) is 0 Å². The third-order valence-electron chi connectivity index (χ3n) is 1.47. The molecule has 0 aromatic carbocycles. The van der Waals surface area contributed by atoms with Gasteiger partial charge in [-0.3, -0.25) is 0 Å². The molecule has 0 spiro atoms. The third kappa shape index (κ3) is 13.2. The van der Waals surface area contributed by atoms with Gasteiger partial charge in [0.15, 0.2) is 0 Å². The van der Waals surface area contributed by atoms with Crippen molar-refractivity contribution in [3.63, 3.8) is 0 Å². The van der Waals surface area contributed by atoms with E-state index >= 15 is 0 Å². The molecule has 0 rings (SSSR count). The van der Waals surface area contributed by atoms with Gasteiger partial charge in [0.05, 0.1) is 10.7 Å². The fourth-order valence-electron chi connectivity index (χ4n) is 0.795. The van der Waals surface area contributed by atoms with Gasteiger partial charge < -0.3 is 0 Å². The fraction of sp³-hybridized carbons (Fsp3) is 0.429. The Hall–Kier alpha value is -0.800. The van der Waals surface area contributed by atoms with E-state index in [1.807, 2.05) is 0 Å². The lowest BCUT2D eigenvalue weighted by atomic mass is 10.2. The topological polar surface area (TPSA) is 0 Å². The second-order valence-electron chi connectivity index (χ2n) is 2.68. The summed E-state index contributed by atoms with van der Waals surface area (Å²) in [5.74, 6) is 22.8. The second-order valence-corrected chi connectivity index (χ2v) is 3.80. The molecule has 16 heavy (non-hydrogen) atoms. The van der Waals surface area contributed by atoms with E-state index < -0.39 is 0 Å². The highest BCUT2D eigenvalue weighted by atomic mass is 79.9. The minimum atomic E-state index is 0.687. The van der Waals surface area contributed by atoms with Crippen LogP contribution in [0.15, 0.2) is 0 Å². The van der Waals surface area contributed by atoms with Gasteiger partial charge in [0, 0.05) is 12.8 Å². The highest BCUT2D eigenvalue weighted by Gasteiger charge is 1.81. The Labute approximate surface area is 115 Å². The summed E-state index contributed by atoms with van der Waals surface area (Å²) >= 11 is 6.42. The molecule has 0 unspecified atom stereocenters. The minimum absolute atomic E-state index is 0.687. The molecule has 0 aliphatic carbocycles. The Bertz CT molecular complexity index is 363. The summed E-state index contributed by atoms with van der Waals surface area (Å²) in [5, 5.41) is 1.37. The Balaban J connectivity index is 3.45. The molecule has 0 bridgehead atoms. The Morgan fingerprint density at radius 3 is 1.31 bits per heavy atom. The van der Waals surface area contributed by atoms with Crippen molar-refractivity contribution in [2.45, 2.75) is 25.7 Å². The average Bonchev–Trinajstić information content (AvgIpc) is 2.31. The maximum absolute atomic E-state index is 3.21. The third-order valence-corrected chi connectivity index (χ3v) is 2.03. The van der Waals surface area contributed by atoms with Crippen molar-refractivity contribution >= 4 is 31.9 Å². The van der Waals surface area contributed by atoms with Crippen LogP contribution in [0, 0.1) is 47.4 Å². The lowest BCUT2D eigenvalue weighted by Gasteiger charge is -1.87. The van der Waals surface area contributed by atoms with Crippen molar-refractivity contribution in [2.75, 3.05) is 10.7 Å². The van der Waals surface area contributed by atoms with Crippen LogP contribution in [-0.2, 0) is 0 Å². The van der Waals surface area contributed by atoms with E-state index in [-0.39, 0.29) is 0 Å². The van der Waals surface area contributed by atoms with E-state index in [4.69, 9.17) is 0 Å². The summed E-state index contributed by atoms with van der Waals surface area (Å²) in [7, 11) is 0. The quantitative estimate of drug-likeness (QED) is 0.420. The van der Waals surface area contributed by atoms with Crippen LogP contribution in [0.1, 0.15) is 25.7 Å². The molecule has 82 valence electrons. The number of halogens is 2. The van der Waals surface area contributed by atoms with Crippen molar-refractivity contribution in [2.24, 2.45) is 0 Å². The van der Waals surface area contributed by atoms with Gasteiger partial charge in [-0.05, 0) is 36.5 Å². The molecule has 0 atom stereocenters. The lowest BCUT2D eigenvalue weighted by Crippen LogP contribution is -1.73. The van der Waals surface area contributed by atoms with Gasteiger partial charge in [0.1, 0.15) is 0 Å². The zero-order valence-electron chi connectivity index (χ0n) is 9.00. The molecular weight excluding hydrogens is 328 g/mol. The largest absolute Gasteiger partial charge is 0.0891 e. The van der Waals surface area contributed by atoms with Gasteiger partial charge in [-0.1, -0.05) is 55.5 Å². The summed E-state index contributed by atoms with van der Waals surface area (Å²) in [4.78, 5) is 0. The maximum Gasteiger partial charge on any atom is 0.0655 e. The van der Waals surface area contributed by atoms with Gasteiger partial charge in [-0.2, -0.15) is 0 Å². The van der Waals surface area contributed by atoms with E-state index in [1.165, 1.54) is 0 Å². The maximum atomic E-state index is 3.21. The van der Waals surface area contributed by atoms with Gasteiger partial charge in [-0.25, -0.2) is 0 Å². The molecule has 0 nitrogen and oxygen atoms in total. The summed E-state index contributed by atoms with van der Waals surface area (Å²) in [5.41, 5.74) is 0. The molecule has 0 amide bonds. The van der Waals surface area contributed by atoms with E-state index in [1.54, 1.807) is 0 Å². The van der Waals surface area contributed by atoms with Crippen molar-refractivity contribution in [3.8, 4) is 47.4 Å². The molecule has 0 heterocycles. The number of rotatable bonds is 3. The molecular formula is C14H12Br2. The Kier molecular flexibility index (Phi) is 13.5. The van der Waals surface area contributed by atoms with Crippen molar-refractivity contribution in [1.82, 2.24) is 0 Å². The van der Waals surface area contributed by atoms with E-state index in [9.17, 15) is 0 Å². The van der Waals surface area contributed by atoms with Crippen LogP contribution >= 0.6 is 31.9 Å². The van der Waals surface area contributed by atoms with Crippen molar-refractivity contribution in [1.29, 1.82) is 0 Å². The summed E-state index contributed by atoms with van der Waals surface area (Å²) in [6.07, 6.45) is 3.94. The first-order valence-electron chi connectivity index (χ1n) is 4.95. The summed E-state index contributed by atoms with van der Waals surface area (Å²) in [6, 6.07) is 0. The van der Waals surface area contributed by atoms with Crippen molar-refractivity contribution in [3.05, 3.63) is 0 Å². The van der Waals surface area contributed by atoms with Crippen LogP contribution in [0.5, 0.6) is 0 Å². The molecule has 2 heteroatoms. The monoisotopic (exact) mass is 338 g/mol. The molecule has 0 aliphatic heterocycles. The predicted molar refractivity (Wildman–Crippen MR) is 77.2 cm³/mol. The first-order chi connectivity index (χ1) is 7.91. The van der Waals surface area contributed by atoms with E-state index in [0.717, 1.165) is 25.7 Å². The molecule has 0 saturated carbocycles. The standard InChI is InChI=1S/C14H12Br2/c15-13-11-9-7-5-3-1-2-4-6-8-10-12-14-16/h1-4,13-14H2. The molecule has 0 radical (unpaired) electrons. The normalized spacial score (nSPS) is 6.88. The molecule has 0 aromatic heterocycles. The molecule has 0 aromatic rings. The predicted octanol–water partition coefficient (Wildman–Crippen LogP) is 3.35. The van der Waals surface area contributed by atoms with Crippen LogP contribution in [-0.4, -0.2) is 10.7 Å². The van der Waals surface area contributed by atoms with Crippen molar-refractivity contribution < 1.29 is 0 Å². The van der Waals surface area contributed by atoms with Gasteiger partial charge in [0.2, 0.25) is 0 Å². The zero-order valence-corrected chi connectivity index (χ0v) is 12.2. The molecule has 0 fully saturated rings. The van der Waals surface area contributed by atoms with E-state index in [0.29, 0.717) is 10.7 Å². The van der Waals surface area contributed by atoms with Crippen LogP contribution in [0.25, 0.3) is 0 Å². The first kappa shape index (κ1) is 15.2. The smallest absolute Gasteiger partial charge is 0.0655 e. The highest BCUT2D eigenvalue weighted by molar-refractivity contribution is 9.09. The summed E-state index contributed by atoms with van der Waals surface area (Å²) in [6.45, 7) is 0. The molecule has 0 aliphatic rings. The minimum Gasteiger partial charge on any atom is -0.0891 e. The zero-order chi connectivity index (χ0) is 11.9. The number of alkyl halides is 2. The second kappa shape index (κ2) is 14.2. The SMILES string of the molecule is BrCC#CC#CCCCCC#CC#CCBr. The summed E-state index contributed by atoms with van der Waals surface area (Å²) < 4.78 is 0. The highest BCUT2D eigenvalue weighted by Crippen LogP contribution is 1.96. The van der Waals surface area contributed by atoms with Gasteiger partial charge in [-0.15, -0.1) is 0 Å². The van der Waals surface area contributed by atoms with E-state index in [2.05, 4.69) is 79.2 Å². The van der Waals surface area contributed by atoms with Crippen LogP contribution in [0.3, 0.4) is 0 Å². The van der Waals surface area contributed by atoms with Crippen LogP contribution in [0.2, 0.25) is 0 Å². The lowest BCUT2D eigenvalue weighted by molar-refractivity contribution is 0.782. The molecule has 0 saturated heterocycles. The number of hydrogen-bond acceptors (Lipinski definition) is 0. The molecule has 0 N–H and O–H groups in total. The number of unbranched alkanes of at least 4 members (excludes halogenated alkanes) is 3. The Morgan fingerprint density at radius 2 is 0.938 bits per heavy atom. The average molecular weight is 340 g/mol.